The number of hydrogen-bond donors (Lipinski definition) is 0. The van der Waals surface area contributed by atoms with Gasteiger partial charge in [-0.05, 0) is 65.6 Å². The van der Waals surface area contributed by atoms with E-state index in [9.17, 15) is 19.2 Å². The maximum Gasteiger partial charge on any atom is 1.00 e. The molecular weight excluding hydrogens is 844 g/mol. The Hall–Kier alpha value is 1.10. The number of pyridine rings is 1. The number of carbonyl (C=O) groups is 4. The summed E-state index contributed by atoms with van der Waals surface area (Å²) < 4.78 is 22.5. The molecule has 0 amide bonds. The second-order valence-electron chi connectivity index (χ2n) is 9.25. The molecule has 0 bridgehead atoms. The molecule has 242 valence electrons. The number of rotatable bonds is 6. The van der Waals surface area contributed by atoms with E-state index in [0.717, 1.165) is 55.0 Å². The number of alkyl halides is 1. The van der Waals surface area contributed by atoms with Gasteiger partial charge in [0.1, 0.15) is 11.1 Å². The fraction of sp³-hybridized carbons (Fsp3) is 0.536. The first kappa shape index (κ1) is 48.2. The Morgan fingerprint density at radius 1 is 1.00 bits per heavy atom. The van der Waals surface area contributed by atoms with Crippen molar-refractivity contribution in [3.63, 3.8) is 0 Å². The number of ketones is 1. The number of halogens is 3. The molecule has 1 aromatic rings. The summed E-state index contributed by atoms with van der Waals surface area (Å²) in [4.78, 5) is 57.1. The van der Waals surface area contributed by atoms with Gasteiger partial charge >= 0.3 is 115 Å². The quantitative estimate of drug-likeness (QED) is 0.0567. The molecule has 45 heavy (non-hydrogen) atoms. The molecule has 0 atom stereocenters. The van der Waals surface area contributed by atoms with Crippen molar-refractivity contribution in [2.24, 2.45) is 11.8 Å². The van der Waals surface area contributed by atoms with Crippen molar-refractivity contribution in [2.45, 2.75) is 38.6 Å². The second kappa shape index (κ2) is 28.9. The van der Waals surface area contributed by atoms with Crippen LogP contribution in [-0.4, -0.2) is 74.7 Å². The number of nitrogens with zero attached hydrogens (tertiary/aromatic N) is 1. The Bertz CT molecular complexity index is 1190. The molecular formula is C28H36Br3K2NO11. The number of carbonyl (C=O) groups excluding carboxylic acids is 4. The summed E-state index contributed by atoms with van der Waals surface area (Å²) in [7, 11) is 2.52. The molecule has 12 nitrogen and oxygen atoms in total. The smallest absolute Gasteiger partial charge is 1.00 e. The zero-order chi connectivity index (χ0) is 32.2. The van der Waals surface area contributed by atoms with E-state index in [4.69, 9.17) is 19.5 Å². The summed E-state index contributed by atoms with van der Waals surface area (Å²) in [6.45, 7) is 3.83. The van der Waals surface area contributed by atoms with Gasteiger partial charge in [-0.3, -0.25) is 14.4 Å². The Kier molecular flexibility index (Phi) is 31.0. The number of esters is 2. The van der Waals surface area contributed by atoms with Crippen LogP contribution in [0.1, 0.15) is 43.9 Å². The van der Waals surface area contributed by atoms with Crippen molar-refractivity contribution < 1.29 is 152 Å². The van der Waals surface area contributed by atoms with Gasteiger partial charge in [0.05, 0.1) is 14.2 Å². The van der Waals surface area contributed by atoms with E-state index >= 15 is 0 Å². The van der Waals surface area contributed by atoms with Gasteiger partial charge in [0, 0.05) is 59.9 Å². The van der Waals surface area contributed by atoms with E-state index in [-0.39, 0.29) is 140 Å². The van der Waals surface area contributed by atoms with Crippen LogP contribution < -0.4 is 114 Å². The molecule has 3 heterocycles. The van der Waals surface area contributed by atoms with Crippen molar-refractivity contribution in [1.29, 1.82) is 0 Å². The normalized spacial score (nSPS) is 16.0. The molecule has 17 heteroatoms. The van der Waals surface area contributed by atoms with Crippen molar-refractivity contribution in [3.05, 3.63) is 54.9 Å². The average molecular weight is 880 g/mol. The minimum absolute atomic E-state index is 0. The second-order valence-corrected chi connectivity index (χ2v) is 11.7. The molecule has 2 aliphatic heterocycles. The summed E-state index contributed by atoms with van der Waals surface area (Å²) in [5.74, 6) is -0.0999. The molecule has 0 N–H and O–H groups in total. The van der Waals surface area contributed by atoms with Gasteiger partial charge in [0.2, 0.25) is 0 Å². The Morgan fingerprint density at radius 3 is 1.96 bits per heavy atom. The molecule has 3 aliphatic rings. The van der Waals surface area contributed by atoms with Crippen LogP contribution >= 0.6 is 47.8 Å². The van der Waals surface area contributed by atoms with Crippen LogP contribution in [0.2, 0.25) is 0 Å². The summed E-state index contributed by atoms with van der Waals surface area (Å²) in [6.07, 6.45) is 9.49. The SMILES string of the molecule is BrCC1CCOCC1.COC(=O)C1=CC(Br)=CCC1=O.COC(=O)c1cc(Br)cn(CC2CCOCC2)c1=O.O=CO[O-].[H-].[K+].[K+]. The number of aromatic nitrogens is 1. The minimum Gasteiger partial charge on any atom is -1.00 e. The Morgan fingerprint density at radius 2 is 1.51 bits per heavy atom. The van der Waals surface area contributed by atoms with Crippen LogP contribution in [0, 0.1) is 11.8 Å². The fourth-order valence-electron chi connectivity index (χ4n) is 3.96. The molecule has 2 fully saturated rings. The number of allylic oxidation sites excluding steroid dienone is 3. The zero-order valence-corrected chi connectivity index (χ0v) is 36.9. The summed E-state index contributed by atoms with van der Waals surface area (Å²) in [6, 6.07) is 1.49. The topological polar surface area (TPSA) is 159 Å². The molecule has 2 saturated heterocycles. The first-order chi connectivity index (χ1) is 20.6. The van der Waals surface area contributed by atoms with Crippen LogP contribution in [0.4, 0.5) is 0 Å². The number of methoxy groups -OCH3 is 2. The minimum atomic E-state index is -0.605. The van der Waals surface area contributed by atoms with Crippen molar-refractivity contribution in [3.8, 4) is 0 Å². The third kappa shape index (κ3) is 19.8. The van der Waals surface area contributed by atoms with Crippen LogP contribution in [0.15, 0.2) is 43.7 Å². The van der Waals surface area contributed by atoms with Gasteiger partial charge in [0.15, 0.2) is 5.78 Å². The first-order valence-electron chi connectivity index (χ1n) is 13.2. The predicted octanol–water partition coefficient (Wildman–Crippen LogP) is -2.48. The molecule has 1 aromatic heterocycles. The molecule has 0 saturated carbocycles. The van der Waals surface area contributed by atoms with Crippen LogP contribution in [0.5, 0.6) is 0 Å². The van der Waals surface area contributed by atoms with Crippen LogP contribution in [0.25, 0.3) is 0 Å². The van der Waals surface area contributed by atoms with Crippen LogP contribution in [0.3, 0.4) is 0 Å². The average Bonchev–Trinajstić information content (AvgIpc) is 3.04. The third-order valence-corrected chi connectivity index (χ3v) is 8.22. The van der Waals surface area contributed by atoms with Gasteiger partial charge in [-0.1, -0.05) is 37.9 Å². The summed E-state index contributed by atoms with van der Waals surface area (Å²) >= 11 is 9.95. The standard InChI is InChI=1S/C13H16BrNO4.C8H7BrO3.C6H11BrO.CH2O3.2K.H/c1-18-13(17)11-6-10(14)8-15(12(11)16)7-9-2-4-19-5-3-9;1-12-8(11)6-4-5(9)2-3-7(6)10;7-5-6-1-3-8-4-2-6;2-1-4-3;;;/h6,8-9H,2-5,7H2,1H3;2,4H,3H2,1H3;6H,1-5H2;1,3H;;;/q;;;;2*+1;-1/p-1. The Balaban J connectivity index is -0.000000592. The maximum absolute atomic E-state index is 12.2. The monoisotopic (exact) mass is 877 g/mol. The third-order valence-electron chi connectivity index (χ3n) is 6.32. The van der Waals surface area contributed by atoms with E-state index in [1.807, 2.05) is 0 Å². The van der Waals surface area contributed by atoms with Gasteiger partial charge in [-0.25, -0.2) is 9.59 Å². The molecule has 0 aromatic carbocycles. The van der Waals surface area contributed by atoms with Gasteiger partial charge in [-0.2, -0.15) is 0 Å². The molecule has 0 spiro atoms. The van der Waals surface area contributed by atoms with Gasteiger partial charge in [0.25, 0.3) is 12.0 Å². The van der Waals surface area contributed by atoms with E-state index in [1.54, 1.807) is 16.8 Å². The van der Waals surface area contributed by atoms with E-state index in [1.165, 1.54) is 39.2 Å². The zero-order valence-electron chi connectivity index (χ0n) is 26.9. The summed E-state index contributed by atoms with van der Waals surface area (Å²) in [5.41, 5.74) is -0.141. The molecule has 1 aliphatic carbocycles. The number of Topliss-reactive ketones (excluding diaryl/α,β-unsaturated/α-hetero) is 1. The largest absolute Gasteiger partial charge is 1.00 e. The molecule has 4 rings (SSSR count). The number of hydrogen-bond acceptors (Lipinski definition) is 11. The van der Waals surface area contributed by atoms with Crippen molar-refractivity contribution >= 4 is 72.0 Å². The van der Waals surface area contributed by atoms with Gasteiger partial charge in [-0.15, -0.1) is 0 Å². The fourth-order valence-corrected chi connectivity index (χ4v) is 5.47. The Labute approximate surface area is 374 Å². The molecule has 0 unspecified atom stereocenters. The van der Waals surface area contributed by atoms with Gasteiger partial charge < -0.3 is 35.1 Å². The van der Waals surface area contributed by atoms with Crippen LogP contribution in [-0.2, 0) is 44.8 Å². The van der Waals surface area contributed by atoms with Crippen molar-refractivity contribution in [2.75, 3.05) is 46.0 Å². The predicted molar refractivity (Wildman–Crippen MR) is 166 cm³/mol. The number of ether oxygens (including phenoxy) is 4. The first-order valence-corrected chi connectivity index (χ1v) is 15.9. The maximum atomic E-state index is 12.2. The summed E-state index contributed by atoms with van der Waals surface area (Å²) in [5, 5.41) is 9.58. The van der Waals surface area contributed by atoms with E-state index in [2.05, 4.69) is 62.2 Å². The van der Waals surface area contributed by atoms with Crippen molar-refractivity contribution in [1.82, 2.24) is 4.57 Å². The van der Waals surface area contributed by atoms with E-state index in [0.29, 0.717) is 16.9 Å². The molecule has 0 radical (unpaired) electrons. The van der Waals surface area contributed by atoms with E-state index < -0.39 is 11.9 Å².